The minimum absolute atomic E-state index is 0.0687. The van der Waals surface area contributed by atoms with E-state index < -0.39 is 6.16 Å². The maximum atomic E-state index is 8.56. The van der Waals surface area contributed by atoms with E-state index in [1.165, 1.54) is 0 Å². The molecule has 0 aliphatic carbocycles. The second-order valence-corrected chi connectivity index (χ2v) is 2.66. The van der Waals surface area contributed by atoms with Crippen molar-refractivity contribution >= 4 is 17.8 Å². The van der Waals surface area contributed by atoms with Gasteiger partial charge in [-0.05, 0) is 0 Å². The summed E-state index contributed by atoms with van der Waals surface area (Å²) < 4.78 is 0. The van der Waals surface area contributed by atoms with Gasteiger partial charge >= 0.3 is 6.16 Å². The summed E-state index contributed by atoms with van der Waals surface area (Å²) in [6, 6.07) is 6.84. The van der Waals surface area contributed by atoms with E-state index in [4.69, 9.17) is 37.3 Å². The maximum Gasteiger partial charge on any atom is 0.503 e. The third kappa shape index (κ3) is 4.61. The van der Waals surface area contributed by atoms with Crippen LogP contribution in [0.15, 0.2) is 24.3 Å². The van der Waals surface area contributed by atoms with Gasteiger partial charge in [-0.15, -0.1) is 0 Å². The standard InChI is InChI=1S/C8H10N4.CH2O3/c9-7(10)5-3-1-2-4-6(5)8(11)12;2-1(3)4/h1-4H,(H3,9,10)(H3,11,12);(H2,2,3,4). The molecular weight excluding hydrogens is 212 g/mol. The highest BCUT2D eigenvalue weighted by Crippen LogP contribution is 2.06. The van der Waals surface area contributed by atoms with Crippen molar-refractivity contribution < 1.29 is 15.0 Å². The molecule has 1 aromatic carbocycles. The number of nitrogens with two attached hydrogens (primary N) is 2. The Kier molecular flexibility index (Phi) is 5.05. The van der Waals surface area contributed by atoms with Gasteiger partial charge in [0, 0.05) is 11.1 Å². The summed E-state index contributed by atoms with van der Waals surface area (Å²) >= 11 is 0. The van der Waals surface area contributed by atoms with Crippen molar-refractivity contribution in [3.8, 4) is 0 Å². The fourth-order valence-corrected chi connectivity index (χ4v) is 0.953. The van der Waals surface area contributed by atoms with E-state index in [-0.39, 0.29) is 11.7 Å². The van der Waals surface area contributed by atoms with Gasteiger partial charge in [-0.3, -0.25) is 10.8 Å². The molecule has 0 bridgehead atoms. The molecule has 0 radical (unpaired) electrons. The predicted molar refractivity (Wildman–Crippen MR) is 59.1 cm³/mol. The molecule has 0 aliphatic heterocycles. The molecule has 0 fully saturated rings. The first-order valence-corrected chi connectivity index (χ1v) is 4.06. The first kappa shape index (κ1) is 13.4. The molecule has 7 nitrogen and oxygen atoms in total. The monoisotopic (exact) mass is 224 g/mol. The molecule has 0 amide bonds. The first-order valence-electron chi connectivity index (χ1n) is 4.06. The van der Waals surface area contributed by atoms with Gasteiger partial charge < -0.3 is 21.7 Å². The number of rotatable bonds is 2. The third-order valence-corrected chi connectivity index (χ3v) is 1.51. The third-order valence-electron chi connectivity index (χ3n) is 1.51. The highest BCUT2D eigenvalue weighted by atomic mass is 16.6. The highest BCUT2D eigenvalue weighted by molar-refractivity contribution is 6.07. The summed E-state index contributed by atoms with van der Waals surface area (Å²) in [7, 11) is 0. The Morgan fingerprint density at radius 1 is 1.00 bits per heavy atom. The van der Waals surface area contributed by atoms with Crippen LogP contribution in [0.1, 0.15) is 11.1 Å². The predicted octanol–water partition coefficient (Wildman–Crippen LogP) is 0.477. The quantitative estimate of drug-likeness (QED) is 0.318. The molecular formula is C9H12N4O3. The van der Waals surface area contributed by atoms with Crippen molar-refractivity contribution in [1.82, 2.24) is 0 Å². The van der Waals surface area contributed by atoms with Crippen LogP contribution < -0.4 is 11.5 Å². The van der Waals surface area contributed by atoms with Crippen molar-refractivity contribution in [3.05, 3.63) is 35.4 Å². The van der Waals surface area contributed by atoms with Gasteiger partial charge in [-0.1, -0.05) is 24.3 Å². The van der Waals surface area contributed by atoms with E-state index in [0.29, 0.717) is 11.1 Å². The maximum absolute atomic E-state index is 8.56. The lowest BCUT2D eigenvalue weighted by Gasteiger charge is -2.04. The van der Waals surface area contributed by atoms with Crippen molar-refractivity contribution in [2.75, 3.05) is 0 Å². The van der Waals surface area contributed by atoms with Crippen molar-refractivity contribution in [1.29, 1.82) is 10.8 Å². The summed E-state index contributed by atoms with van der Waals surface area (Å²) in [5.74, 6) is -0.137. The van der Waals surface area contributed by atoms with Crippen LogP contribution >= 0.6 is 0 Å². The second-order valence-electron chi connectivity index (χ2n) is 2.66. The summed E-state index contributed by atoms with van der Waals surface area (Å²) in [5, 5.41) is 28.3. The van der Waals surface area contributed by atoms with Crippen LogP contribution in [0.25, 0.3) is 0 Å². The number of nitrogens with one attached hydrogen (secondary N) is 2. The molecule has 0 atom stereocenters. The first-order chi connectivity index (χ1) is 7.36. The molecule has 8 N–H and O–H groups in total. The Balaban J connectivity index is 0.000000487. The summed E-state index contributed by atoms with van der Waals surface area (Å²) in [6.45, 7) is 0. The van der Waals surface area contributed by atoms with Crippen LogP contribution in [-0.2, 0) is 0 Å². The fraction of sp³-hybridized carbons (Fsp3) is 0. The molecule has 1 aromatic rings. The van der Waals surface area contributed by atoms with Crippen LogP contribution in [0.5, 0.6) is 0 Å². The number of amidine groups is 2. The lowest BCUT2D eigenvalue weighted by atomic mass is 10.1. The zero-order chi connectivity index (χ0) is 12.7. The Morgan fingerprint density at radius 3 is 1.44 bits per heavy atom. The lowest BCUT2D eigenvalue weighted by Crippen LogP contribution is -2.20. The van der Waals surface area contributed by atoms with E-state index >= 15 is 0 Å². The zero-order valence-corrected chi connectivity index (χ0v) is 8.27. The SMILES string of the molecule is N=C(N)c1ccccc1C(=N)N.O=C(O)O. The van der Waals surface area contributed by atoms with Gasteiger partial charge in [0.25, 0.3) is 0 Å². The minimum atomic E-state index is -1.83. The average molecular weight is 224 g/mol. The molecule has 0 saturated carbocycles. The molecule has 0 spiro atoms. The molecule has 0 aromatic heterocycles. The molecule has 0 heterocycles. The van der Waals surface area contributed by atoms with E-state index in [2.05, 4.69) is 0 Å². The molecule has 7 heteroatoms. The number of hydrogen-bond donors (Lipinski definition) is 6. The molecule has 16 heavy (non-hydrogen) atoms. The van der Waals surface area contributed by atoms with Crippen molar-refractivity contribution in [2.24, 2.45) is 11.5 Å². The van der Waals surface area contributed by atoms with Crippen LogP contribution in [0.4, 0.5) is 4.79 Å². The van der Waals surface area contributed by atoms with Crippen LogP contribution in [0, 0.1) is 10.8 Å². The van der Waals surface area contributed by atoms with Crippen LogP contribution in [0.2, 0.25) is 0 Å². The van der Waals surface area contributed by atoms with Gasteiger partial charge in [-0.2, -0.15) is 0 Å². The summed E-state index contributed by atoms with van der Waals surface area (Å²) in [6.07, 6.45) is -1.83. The van der Waals surface area contributed by atoms with Gasteiger partial charge in [0.1, 0.15) is 11.7 Å². The Labute approximate surface area is 91.3 Å². The number of benzene rings is 1. The molecule has 0 unspecified atom stereocenters. The molecule has 0 aliphatic rings. The number of carboxylic acid groups (broad SMARTS) is 2. The second kappa shape index (κ2) is 6.02. The molecule has 86 valence electrons. The number of carbonyl (C=O) groups is 1. The van der Waals surface area contributed by atoms with Crippen molar-refractivity contribution in [2.45, 2.75) is 0 Å². The number of hydrogen-bond acceptors (Lipinski definition) is 3. The fourth-order valence-electron chi connectivity index (χ4n) is 0.953. The van der Waals surface area contributed by atoms with Crippen LogP contribution in [-0.4, -0.2) is 28.0 Å². The van der Waals surface area contributed by atoms with Gasteiger partial charge in [0.05, 0.1) is 0 Å². The van der Waals surface area contributed by atoms with Gasteiger partial charge in [-0.25, -0.2) is 4.79 Å². The van der Waals surface area contributed by atoms with Gasteiger partial charge in [0.15, 0.2) is 0 Å². The Hall–Kier alpha value is -2.57. The van der Waals surface area contributed by atoms with Crippen LogP contribution in [0.3, 0.4) is 0 Å². The lowest BCUT2D eigenvalue weighted by molar-refractivity contribution is 0.137. The minimum Gasteiger partial charge on any atom is -0.450 e. The normalized spacial score (nSPS) is 8.50. The molecule has 1 rings (SSSR count). The van der Waals surface area contributed by atoms with Crippen molar-refractivity contribution in [3.63, 3.8) is 0 Å². The van der Waals surface area contributed by atoms with E-state index in [0.717, 1.165) is 0 Å². The largest absolute Gasteiger partial charge is 0.503 e. The average Bonchev–Trinajstić information content (AvgIpc) is 2.16. The van der Waals surface area contributed by atoms with E-state index in [9.17, 15) is 0 Å². The number of nitrogen functional groups attached to an aromatic ring is 2. The zero-order valence-electron chi connectivity index (χ0n) is 8.27. The topological polar surface area (TPSA) is 157 Å². The Morgan fingerprint density at radius 2 is 1.25 bits per heavy atom. The summed E-state index contributed by atoms with van der Waals surface area (Å²) in [4.78, 5) is 8.56. The highest BCUT2D eigenvalue weighted by Gasteiger charge is 2.05. The van der Waals surface area contributed by atoms with E-state index in [1.807, 2.05) is 0 Å². The Bertz CT molecular complexity index is 380. The van der Waals surface area contributed by atoms with Gasteiger partial charge in [0.2, 0.25) is 0 Å². The molecule has 0 saturated heterocycles. The van der Waals surface area contributed by atoms with E-state index in [1.54, 1.807) is 24.3 Å². The smallest absolute Gasteiger partial charge is 0.450 e. The summed E-state index contributed by atoms with van der Waals surface area (Å²) in [5.41, 5.74) is 11.6.